The smallest absolute Gasteiger partial charge is 0.223 e. The second kappa shape index (κ2) is 6.43. The lowest BCUT2D eigenvalue weighted by molar-refractivity contribution is -0.122. The Hall–Kier alpha value is -1.62. The molecule has 0 spiro atoms. The highest BCUT2D eigenvalue weighted by molar-refractivity contribution is 9.10. The molecule has 21 heavy (non-hydrogen) atoms. The summed E-state index contributed by atoms with van der Waals surface area (Å²) >= 11 is 3.48. The van der Waals surface area contributed by atoms with Gasteiger partial charge in [0, 0.05) is 35.9 Å². The summed E-state index contributed by atoms with van der Waals surface area (Å²) in [6.45, 7) is 1.61. The van der Waals surface area contributed by atoms with E-state index in [0.717, 1.165) is 30.4 Å². The Bertz CT molecular complexity index is 612. The molecule has 0 unspecified atom stereocenters. The van der Waals surface area contributed by atoms with Crippen LogP contribution in [-0.4, -0.2) is 22.0 Å². The zero-order valence-electron chi connectivity index (χ0n) is 11.7. The monoisotopic (exact) mass is 347 g/mol. The number of halogens is 1. The number of nitrogens with zero attached hydrogens (tertiary/aromatic N) is 2. The number of carbonyl (C=O) groups excluding carboxylic acids is 1. The third kappa shape index (κ3) is 3.73. The second-order valence-corrected chi connectivity index (χ2v) is 6.36. The van der Waals surface area contributed by atoms with Crippen LogP contribution in [0.15, 0.2) is 47.5 Å². The van der Waals surface area contributed by atoms with Gasteiger partial charge in [-0.2, -0.15) is 0 Å². The quantitative estimate of drug-likeness (QED) is 0.816. The van der Waals surface area contributed by atoms with Gasteiger partial charge in [-0.25, -0.2) is 4.98 Å². The van der Waals surface area contributed by atoms with Gasteiger partial charge in [0.2, 0.25) is 5.91 Å². The van der Waals surface area contributed by atoms with Gasteiger partial charge in [-0.3, -0.25) is 4.79 Å². The van der Waals surface area contributed by atoms with Crippen molar-refractivity contribution in [2.45, 2.75) is 25.3 Å². The van der Waals surface area contributed by atoms with Crippen LogP contribution in [0.5, 0.6) is 0 Å². The van der Waals surface area contributed by atoms with Crippen molar-refractivity contribution in [1.29, 1.82) is 0 Å². The number of imidazole rings is 1. The number of aromatic nitrogens is 2. The number of rotatable bonds is 6. The molecule has 0 bridgehead atoms. The van der Waals surface area contributed by atoms with E-state index in [1.54, 1.807) is 12.5 Å². The Balaban J connectivity index is 1.41. The molecule has 1 amide bonds. The summed E-state index contributed by atoms with van der Waals surface area (Å²) < 4.78 is 3.10. The third-order valence-corrected chi connectivity index (χ3v) is 4.35. The van der Waals surface area contributed by atoms with E-state index in [1.165, 1.54) is 5.56 Å². The third-order valence-electron chi connectivity index (χ3n) is 3.86. The van der Waals surface area contributed by atoms with E-state index in [-0.39, 0.29) is 11.8 Å². The van der Waals surface area contributed by atoms with Crippen LogP contribution in [0.1, 0.15) is 24.3 Å². The lowest BCUT2D eigenvalue weighted by Crippen LogP contribution is -2.27. The van der Waals surface area contributed by atoms with Crippen molar-refractivity contribution in [1.82, 2.24) is 14.9 Å². The maximum atomic E-state index is 12.1. The van der Waals surface area contributed by atoms with Gasteiger partial charge >= 0.3 is 0 Å². The first-order valence-electron chi connectivity index (χ1n) is 7.23. The van der Waals surface area contributed by atoms with Crippen LogP contribution < -0.4 is 5.32 Å². The Morgan fingerprint density at radius 3 is 3.14 bits per heavy atom. The van der Waals surface area contributed by atoms with Crippen LogP contribution in [0.25, 0.3) is 0 Å². The van der Waals surface area contributed by atoms with Crippen LogP contribution >= 0.6 is 15.9 Å². The van der Waals surface area contributed by atoms with Gasteiger partial charge < -0.3 is 9.88 Å². The predicted octanol–water partition coefficient (Wildman–Crippen LogP) is 2.96. The lowest BCUT2D eigenvalue weighted by Gasteiger charge is -2.06. The lowest BCUT2D eigenvalue weighted by atomic mass is 10.1. The van der Waals surface area contributed by atoms with Crippen molar-refractivity contribution in [2.24, 2.45) is 5.92 Å². The molecule has 2 atom stereocenters. The number of aryl methyl sites for hydroxylation is 1. The van der Waals surface area contributed by atoms with E-state index >= 15 is 0 Å². The average Bonchev–Trinajstić information content (AvgIpc) is 3.12. The van der Waals surface area contributed by atoms with Gasteiger partial charge in [-0.05, 0) is 36.5 Å². The minimum absolute atomic E-state index is 0.146. The van der Waals surface area contributed by atoms with Gasteiger partial charge in [0.25, 0.3) is 0 Å². The molecule has 1 N–H and O–H groups in total. The first-order chi connectivity index (χ1) is 10.2. The fourth-order valence-electron chi connectivity index (χ4n) is 2.61. The zero-order chi connectivity index (χ0) is 14.7. The van der Waals surface area contributed by atoms with Crippen molar-refractivity contribution in [2.75, 3.05) is 6.54 Å². The Labute approximate surface area is 132 Å². The summed E-state index contributed by atoms with van der Waals surface area (Å²) in [5.41, 5.74) is 1.25. The molecular formula is C16H18BrN3O. The Morgan fingerprint density at radius 2 is 2.38 bits per heavy atom. The van der Waals surface area contributed by atoms with Crippen LogP contribution in [0.2, 0.25) is 0 Å². The Morgan fingerprint density at radius 1 is 1.48 bits per heavy atom. The molecule has 1 aromatic carbocycles. The van der Waals surface area contributed by atoms with Gasteiger partial charge in [0.1, 0.15) is 0 Å². The first-order valence-corrected chi connectivity index (χ1v) is 8.02. The van der Waals surface area contributed by atoms with Crippen molar-refractivity contribution in [3.63, 3.8) is 0 Å². The van der Waals surface area contributed by atoms with E-state index < -0.39 is 0 Å². The molecule has 4 nitrogen and oxygen atoms in total. The maximum Gasteiger partial charge on any atom is 0.223 e. The Kier molecular flexibility index (Phi) is 4.39. The van der Waals surface area contributed by atoms with Crippen LogP contribution in [-0.2, 0) is 11.3 Å². The van der Waals surface area contributed by atoms with Gasteiger partial charge in [-0.1, -0.05) is 28.1 Å². The fraction of sp³-hybridized carbons (Fsp3) is 0.375. The van der Waals surface area contributed by atoms with E-state index in [2.05, 4.69) is 38.4 Å². The summed E-state index contributed by atoms with van der Waals surface area (Å²) in [4.78, 5) is 16.1. The molecule has 0 radical (unpaired) electrons. The SMILES string of the molecule is O=C(NCCCn1ccnc1)[C@H]1C[C@H]1c1cccc(Br)c1. The number of hydrogen-bond donors (Lipinski definition) is 1. The fourth-order valence-corrected chi connectivity index (χ4v) is 3.03. The van der Waals surface area contributed by atoms with Crippen LogP contribution in [0.4, 0.5) is 0 Å². The molecule has 1 saturated carbocycles. The second-order valence-electron chi connectivity index (χ2n) is 5.45. The number of hydrogen-bond acceptors (Lipinski definition) is 2. The van der Waals surface area contributed by atoms with E-state index in [9.17, 15) is 4.79 Å². The normalized spacial score (nSPS) is 20.2. The van der Waals surface area contributed by atoms with Gasteiger partial charge in [0.15, 0.2) is 0 Å². The molecule has 110 valence electrons. The molecule has 0 aliphatic heterocycles. The summed E-state index contributed by atoms with van der Waals surface area (Å²) in [5.74, 6) is 0.717. The molecule has 3 rings (SSSR count). The number of carbonyl (C=O) groups is 1. The molecule has 1 heterocycles. The zero-order valence-corrected chi connectivity index (χ0v) is 13.3. The van der Waals surface area contributed by atoms with Crippen LogP contribution in [0, 0.1) is 5.92 Å². The molecule has 1 aliphatic rings. The van der Waals surface area contributed by atoms with Crippen LogP contribution in [0.3, 0.4) is 0 Å². The summed E-state index contributed by atoms with van der Waals surface area (Å²) in [6, 6.07) is 8.24. The molecule has 5 heteroatoms. The van der Waals surface area contributed by atoms with E-state index in [1.807, 2.05) is 22.9 Å². The van der Waals surface area contributed by atoms with E-state index in [0.29, 0.717) is 5.92 Å². The minimum atomic E-state index is 0.146. The molecular weight excluding hydrogens is 330 g/mol. The number of amides is 1. The molecule has 1 aromatic heterocycles. The average molecular weight is 348 g/mol. The summed E-state index contributed by atoms with van der Waals surface area (Å²) in [5, 5.41) is 3.04. The molecule has 2 aromatic rings. The highest BCUT2D eigenvalue weighted by Gasteiger charge is 2.43. The maximum absolute atomic E-state index is 12.1. The topological polar surface area (TPSA) is 46.9 Å². The summed E-state index contributed by atoms with van der Waals surface area (Å²) in [6.07, 6.45) is 7.39. The van der Waals surface area contributed by atoms with Gasteiger partial charge in [-0.15, -0.1) is 0 Å². The number of nitrogens with one attached hydrogen (secondary N) is 1. The van der Waals surface area contributed by atoms with Crippen molar-refractivity contribution in [3.05, 3.63) is 53.0 Å². The first kappa shape index (κ1) is 14.3. The van der Waals surface area contributed by atoms with E-state index in [4.69, 9.17) is 0 Å². The largest absolute Gasteiger partial charge is 0.356 e. The highest BCUT2D eigenvalue weighted by Crippen LogP contribution is 2.47. The molecule has 1 fully saturated rings. The highest BCUT2D eigenvalue weighted by atomic mass is 79.9. The predicted molar refractivity (Wildman–Crippen MR) is 84.8 cm³/mol. The van der Waals surface area contributed by atoms with Crippen molar-refractivity contribution < 1.29 is 4.79 Å². The summed E-state index contributed by atoms with van der Waals surface area (Å²) in [7, 11) is 0. The number of benzene rings is 1. The van der Waals surface area contributed by atoms with Crippen molar-refractivity contribution in [3.8, 4) is 0 Å². The molecule has 1 aliphatic carbocycles. The van der Waals surface area contributed by atoms with Crippen molar-refractivity contribution >= 4 is 21.8 Å². The minimum Gasteiger partial charge on any atom is -0.356 e. The molecule has 0 saturated heterocycles. The standard InChI is InChI=1S/C16H18BrN3O/c17-13-4-1-3-12(9-13)14-10-15(14)16(21)19-5-2-7-20-8-6-18-11-20/h1,3-4,6,8-9,11,14-15H,2,5,7,10H2,(H,19,21)/t14-,15-/m0/s1. The van der Waals surface area contributed by atoms with Gasteiger partial charge in [0.05, 0.1) is 6.33 Å².